The monoisotopic (exact) mass is 210 g/mol. The first-order valence-corrected chi connectivity index (χ1v) is 1.91. The average molecular weight is 211 g/mol. The molecule has 0 N–H and O–H groups in total. The van der Waals surface area contributed by atoms with Gasteiger partial charge in [-0.3, -0.25) is 0 Å². The first kappa shape index (κ1) is 9.36. The molecular weight excluding hydrogens is 211 g/mol. The van der Waals surface area contributed by atoms with Gasteiger partial charge in [0.2, 0.25) is 0 Å². The molecule has 0 spiro atoms. The second kappa shape index (κ2) is 4.98. The van der Waals surface area contributed by atoms with Gasteiger partial charge in [-0.1, -0.05) is 0 Å². The molecular formula is AgMnO3-2. The van der Waals surface area contributed by atoms with Crippen LogP contribution in [0.3, 0.4) is 0 Å². The van der Waals surface area contributed by atoms with E-state index < -0.39 is 14.5 Å². The van der Waals surface area contributed by atoms with Crippen LogP contribution < -0.4 is 8.38 Å². The van der Waals surface area contributed by atoms with E-state index in [4.69, 9.17) is 12.2 Å². The topological polar surface area (TPSA) is 63.2 Å². The van der Waals surface area contributed by atoms with Crippen LogP contribution in [0.1, 0.15) is 0 Å². The molecule has 0 heterocycles. The van der Waals surface area contributed by atoms with Crippen molar-refractivity contribution in [3.8, 4) is 0 Å². The Morgan fingerprint density at radius 2 is 1.40 bits per heavy atom. The minimum absolute atomic E-state index is 0. The summed E-state index contributed by atoms with van der Waals surface area (Å²) in [7, 11) is 0. The summed E-state index contributed by atoms with van der Waals surface area (Å²) >= 11 is -3.65. The van der Waals surface area contributed by atoms with Crippen molar-refractivity contribution in [2.45, 2.75) is 0 Å². The van der Waals surface area contributed by atoms with Crippen LogP contribution in [-0.4, -0.2) is 0 Å². The second-order valence-electron chi connectivity index (χ2n) is 0.189. The fourth-order valence-electron chi connectivity index (χ4n) is 0. The van der Waals surface area contributed by atoms with Gasteiger partial charge in [-0.05, 0) is 0 Å². The van der Waals surface area contributed by atoms with Gasteiger partial charge in [0.1, 0.15) is 0 Å². The van der Waals surface area contributed by atoms with Crippen molar-refractivity contribution in [3.63, 3.8) is 0 Å². The fourth-order valence-corrected chi connectivity index (χ4v) is 0. The number of hydrogen-bond acceptors (Lipinski definition) is 3. The van der Waals surface area contributed by atoms with E-state index in [9.17, 15) is 0 Å². The molecule has 5 heteroatoms. The third kappa shape index (κ3) is 46.1. The van der Waals surface area contributed by atoms with E-state index in [0.29, 0.717) is 0 Å². The van der Waals surface area contributed by atoms with Gasteiger partial charge in [0.05, 0.1) is 0 Å². The van der Waals surface area contributed by atoms with Gasteiger partial charge in [0.15, 0.2) is 0 Å². The number of hydrogen-bond donors (Lipinski definition) is 0. The maximum absolute atomic E-state index is 8.52. The van der Waals surface area contributed by atoms with Gasteiger partial charge in [-0.2, -0.15) is 0 Å². The van der Waals surface area contributed by atoms with Crippen LogP contribution in [-0.2, 0) is 40.7 Å². The van der Waals surface area contributed by atoms with Crippen molar-refractivity contribution in [1.82, 2.24) is 0 Å². The molecule has 3 nitrogen and oxygen atoms in total. The van der Waals surface area contributed by atoms with E-state index in [-0.39, 0.29) is 22.4 Å². The molecule has 0 aliphatic rings. The van der Waals surface area contributed by atoms with Gasteiger partial charge in [-0.25, -0.2) is 0 Å². The van der Waals surface area contributed by atoms with E-state index >= 15 is 0 Å². The van der Waals surface area contributed by atoms with Gasteiger partial charge < -0.3 is 0 Å². The summed E-state index contributed by atoms with van der Waals surface area (Å²) < 4.78 is 25.6. The van der Waals surface area contributed by atoms with Crippen LogP contribution in [0.4, 0.5) is 0 Å². The van der Waals surface area contributed by atoms with Crippen LogP contribution in [0.15, 0.2) is 0 Å². The molecule has 0 atom stereocenters. The molecule has 0 saturated heterocycles. The van der Waals surface area contributed by atoms with Crippen molar-refractivity contribution >= 4 is 0 Å². The Bertz CT molecular complexity index is 29.9. The predicted octanol–water partition coefficient (Wildman–Crippen LogP) is -2.50. The summed E-state index contributed by atoms with van der Waals surface area (Å²) in [4.78, 5) is 0. The molecule has 0 rings (SSSR count). The fraction of sp³-hybridized carbons (Fsp3) is 0. The van der Waals surface area contributed by atoms with Crippen LogP contribution in [0.25, 0.3) is 0 Å². The molecule has 1 radical (unpaired) electrons. The Morgan fingerprint density at radius 3 is 1.40 bits per heavy atom. The Morgan fingerprint density at radius 1 is 1.40 bits per heavy atom. The van der Waals surface area contributed by atoms with E-state index in [0.717, 1.165) is 0 Å². The molecule has 0 saturated carbocycles. The summed E-state index contributed by atoms with van der Waals surface area (Å²) in [5, 5.41) is 0. The average Bonchev–Trinajstić information content (AvgIpc) is 0.811. The van der Waals surface area contributed by atoms with E-state index in [1.807, 2.05) is 0 Å². The molecule has 0 bridgehead atoms. The predicted molar refractivity (Wildman–Crippen MR) is 0.686 cm³/mol. The van der Waals surface area contributed by atoms with E-state index in [1.54, 1.807) is 0 Å². The zero-order valence-electron chi connectivity index (χ0n) is 1.90. The maximum atomic E-state index is 8.52. The zero-order valence-corrected chi connectivity index (χ0v) is 4.57. The molecule has 0 amide bonds. The standard InChI is InChI=1S/Ag.Mn.3O/q;;;2*-1. The molecule has 0 unspecified atom stereocenters. The molecule has 0 aromatic heterocycles. The quantitative estimate of drug-likeness (QED) is 0.416. The molecule has 0 aromatic carbocycles. The molecule has 0 aliphatic heterocycles. The molecule has 0 aliphatic carbocycles. The van der Waals surface area contributed by atoms with Crippen molar-refractivity contribution in [3.05, 3.63) is 0 Å². The van der Waals surface area contributed by atoms with Gasteiger partial charge in [0.25, 0.3) is 0 Å². The Labute approximate surface area is 49.2 Å². The summed E-state index contributed by atoms with van der Waals surface area (Å²) in [5.41, 5.74) is 0. The summed E-state index contributed by atoms with van der Waals surface area (Å²) in [6, 6.07) is 0. The van der Waals surface area contributed by atoms with Gasteiger partial charge in [0, 0.05) is 22.4 Å². The molecule has 0 fully saturated rings. The number of rotatable bonds is 0. The van der Waals surface area contributed by atoms with Crippen LogP contribution >= 0.6 is 0 Å². The third-order valence-electron chi connectivity index (χ3n) is 0. The van der Waals surface area contributed by atoms with Crippen molar-refractivity contribution in [2.24, 2.45) is 0 Å². The van der Waals surface area contributed by atoms with Gasteiger partial charge >= 0.3 is 26.7 Å². The normalized spacial score (nSPS) is 7.00. The van der Waals surface area contributed by atoms with E-state index in [2.05, 4.69) is 0 Å². The van der Waals surface area contributed by atoms with Gasteiger partial charge in [-0.15, -0.1) is 0 Å². The van der Waals surface area contributed by atoms with Crippen LogP contribution in [0.5, 0.6) is 0 Å². The Balaban J connectivity index is 0. The SMILES string of the molecule is [Ag].[O]=[Mn]([O-])[O-]. The Hall–Kier alpha value is 0.980. The first-order chi connectivity index (χ1) is 1.73. The van der Waals surface area contributed by atoms with Crippen molar-refractivity contribution < 1.29 is 49.1 Å². The first-order valence-electron chi connectivity index (χ1n) is 0.463. The van der Waals surface area contributed by atoms with E-state index in [1.165, 1.54) is 0 Å². The molecule has 0 aromatic rings. The Kier molecular flexibility index (Phi) is 9.32. The summed E-state index contributed by atoms with van der Waals surface area (Å²) in [5.74, 6) is 0. The van der Waals surface area contributed by atoms with Crippen LogP contribution in [0, 0.1) is 0 Å². The minimum atomic E-state index is -3.65. The summed E-state index contributed by atoms with van der Waals surface area (Å²) in [6.45, 7) is 0. The van der Waals surface area contributed by atoms with Crippen molar-refractivity contribution in [1.29, 1.82) is 0 Å². The van der Waals surface area contributed by atoms with Crippen molar-refractivity contribution in [2.75, 3.05) is 0 Å². The van der Waals surface area contributed by atoms with Crippen LogP contribution in [0.2, 0.25) is 0 Å². The molecule has 5 heavy (non-hydrogen) atoms. The second-order valence-corrected chi connectivity index (χ2v) is 0.779. The third-order valence-corrected chi connectivity index (χ3v) is 0. The zero-order chi connectivity index (χ0) is 3.58. The summed E-state index contributed by atoms with van der Waals surface area (Å²) in [6.07, 6.45) is 0. The molecule has 38 valence electrons.